The van der Waals surface area contributed by atoms with Crippen molar-refractivity contribution in [2.24, 2.45) is 11.8 Å². The van der Waals surface area contributed by atoms with Crippen molar-refractivity contribution in [3.8, 4) is 6.07 Å². The molecule has 1 saturated carbocycles. The minimum atomic E-state index is -0.726. The molecule has 0 radical (unpaired) electrons. The Morgan fingerprint density at radius 2 is 1.76 bits per heavy atom. The maximum Gasteiger partial charge on any atom is 0.310 e. The Bertz CT molecular complexity index is 314. The van der Waals surface area contributed by atoms with E-state index in [0.717, 1.165) is 18.8 Å². The number of rotatable bonds is 3. The number of hydrogen-bond donors (Lipinski definition) is 2. The molecule has 1 rings (SSSR count). The van der Waals surface area contributed by atoms with Crippen LogP contribution in [0.4, 0.5) is 0 Å². The molecule has 5 heteroatoms. The second kappa shape index (κ2) is 6.89. The topological polar surface area (TPSA) is 82.0 Å². The molecule has 1 fully saturated rings. The molecule has 17 heavy (non-hydrogen) atoms. The lowest BCUT2D eigenvalue weighted by atomic mass is 9.83. The van der Waals surface area contributed by atoms with Gasteiger partial charge in [0.25, 0.3) is 0 Å². The summed E-state index contributed by atoms with van der Waals surface area (Å²) in [6.07, 6.45) is 4.62. The maximum atomic E-state index is 11.3. The molecule has 0 saturated heterocycles. The van der Waals surface area contributed by atoms with Crippen LogP contribution in [0.2, 0.25) is 0 Å². The summed E-state index contributed by atoms with van der Waals surface area (Å²) in [6, 6.07) is 1.75. The van der Waals surface area contributed by atoms with E-state index >= 15 is 0 Å². The molecular weight excluding hydrogens is 218 g/mol. The van der Waals surface area contributed by atoms with Gasteiger partial charge in [-0.15, -0.1) is 0 Å². The van der Waals surface area contributed by atoms with Crippen molar-refractivity contribution in [2.45, 2.75) is 32.6 Å². The number of carbonyl (C=O) groups is 2. The van der Waals surface area contributed by atoms with Gasteiger partial charge in [0, 0.05) is 6.54 Å². The third-order valence-electron chi connectivity index (χ3n) is 3.22. The van der Waals surface area contributed by atoms with E-state index in [1.807, 2.05) is 0 Å². The van der Waals surface area contributed by atoms with Crippen molar-refractivity contribution < 1.29 is 9.59 Å². The van der Waals surface area contributed by atoms with Gasteiger partial charge in [-0.3, -0.25) is 9.59 Å². The fourth-order valence-electron chi connectivity index (χ4n) is 2.05. The molecule has 0 unspecified atom stereocenters. The van der Waals surface area contributed by atoms with Crippen LogP contribution < -0.4 is 10.6 Å². The van der Waals surface area contributed by atoms with E-state index in [1.54, 1.807) is 6.07 Å². The van der Waals surface area contributed by atoms with Crippen molar-refractivity contribution in [2.75, 3.05) is 13.1 Å². The molecule has 1 aliphatic rings. The van der Waals surface area contributed by atoms with E-state index in [2.05, 4.69) is 17.6 Å². The molecule has 94 valence electrons. The van der Waals surface area contributed by atoms with E-state index in [1.165, 1.54) is 12.8 Å². The average Bonchev–Trinajstić information content (AvgIpc) is 2.34. The van der Waals surface area contributed by atoms with Crippen molar-refractivity contribution >= 4 is 11.8 Å². The molecule has 1 aliphatic carbocycles. The molecule has 5 nitrogen and oxygen atoms in total. The van der Waals surface area contributed by atoms with Crippen molar-refractivity contribution in [1.82, 2.24) is 10.6 Å². The fourth-order valence-corrected chi connectivity index (χ4v) is 2.05. The zero-order valence-electron chi connectivity index (χ0n) is 10.2. The first-order valence-electron chi connectivity index (χ1n) is 6.06. The summed E-state index contributed by atoms with van der Waals surface area (Å²) in [5, 5.41) is 13.1. The first-order valence-corrected chi connectivity index (χ1v) is 6.06. The summed E-state index contributed by atoms with van der Waals surface area (Å²) in [5.41, 5.74) is 0. The maximum absolute atomic E-state index is 11.3. The van der Waals surface area contributed by atoms with Crippen LogP contribution in [0, 0.1) is 23.2 Å². The Labute approximate surface area is 102 Å². The smallest absolute Gasteiger partial charge is 0.310 e. The molecule has 0 aliphatic heterocycles. The second-order valence-corrected chi connectivity index (χ2v) is 4.68. The van der Waals surface area contributed by atoms with Gasteiger partial charge in [-0.25, -0.2) is 0 Å². The minimum Gasteiger partial charge on any atom is -0.348 e. The highest BCUT2D eigenvalue weighted by atomic mass is 16.2. The van der Waals surface area contributed by atoms with Gasteiger partial charge in [-0.2, -0.15) is 5.26 Å². The number of nitriles is 1. The lowest BCUT2D eigenvalue weighted by molar-refractivity contribution is -0.139. The number of hydrogen-bond acceptors (Lipinski definition) is 3. The van der Waals surface area contributed by atoms with E-state index in [0.29, 0.717) is 12.5 Å². The predicted molar refractivity (Wildman–Crippen MR) is 62.8 cm³/mol. The molecule has 0 aromatic carbocycles. The van der Waals surface area contributed by atoms with E-state index < -0.39 is 11.8 Å². The van der Waals surface area contributed by atoms with Gasteiger partial charge in [0.2, 0.25) is 0 Å². The van der Waals surface area contributed by atoms with Crippen LogP contribution in [0.25, 0.3) is 0 Å². The van der Waals surface area contributed by atoms with E-state index in [4.69, 9.17) is 5.26 Å². The van der Waals surface area contributed by atoms with Gasteiger partial charge >= 0.3 is 11.8 Å². The first kappa shape index (κ1) is 13.5. The van der Waals surface area contributed by atoms with Crippen LogP contribution in [0.15, 0.2) is 0 Å². The molecule has 0 aromatic heterocycles. The summed E-state index contributed by atoms with van der Waals surface area (Å²) >= 11 is 0. The molecular formula is C12H19N3O2. The van der Waals surface area contributed by atoms with Crippen LogP contribution >= 0.6 is 0 Å². The number of carbonyl (C=O) groups excluding carboxylic acids is 2. The summed E-state index contributed by atoms with van der Waals surface area (Å²) in [5.74, 6) is -0.102. The summed E-state index contributed by atoms with van der Waals surface area (Å²) in [7, 11) is 0. The van der Waals surface area contributed by atoms with Crippen molar-refractivity contribution in [1.29, 1.82) is 5.26 Å². The lowest BCUT2D eigenvalue weighted by Gasteiger charge is -2.26. The Hall–Kier alpha value is -1.57. The van der Waals surface area contributed by atoms with Gasteiger partial charge in [0.1, 0.15) is 6.54 Å². The monoisotopic (exact) mass is 237 g/mol. The SMILES string of the molecule is CC1CCC(CNC(=O)C(=O)NCC#N)CC1. The highest BCUT2D eigenvalue weighted by molar-refractivity contribution is 6.35. The highest BCUT2D eigenvalue weighted by Gasteiger charge is 2.20. The Morgan fingerprint density at radius 3 is 2.35 bits per heavy atom. The third kappa shape index (κ3) is 4.85. The number of nitrogens with zero attached hydrogens (tertiary/aromatic N) is 1. The molecule has 0 atom stereocenters. The summed E-state index contributed by atoms with van der Waals surface area (Å²) in [6.45, 7) is 2.67. The van der Waals surface area contributed by atoms with Crippen LogP contribution in [0.1, 0.15) is 32.6 Å². The van der Waals surface area contributed by atoms with Gasteiger partial charge in [0.05, 0.1) is 6.07 Å². The minimum absolute atomic E-state index is 0.132. The van der Waals surface area contributed by atoms with Crippen LogP contribution in [-0.2, 0) is 9.59 Å². The fraction of sp³-hybridized carbons (Fsp3) is 0.750. The van der Waals surface area contributed by atoms with Crippen LogP contribution in [0.5, 0.6) is 0 Å². The molecule has 2 N–H and O–H groups in total. The van der Waals surface area contributed by atoms with Crippen LogP contribution in [-0.4, -0.2) is 24.9 Å². The predicted octanol–water partition coefficient (Wildman–Crippen LogP) is 0.569. The quantitative estimate of drug-likeness (QED) is 0.556. The largest absolute Gasteiger partial charge is 0.348 e. The number of nitrogens with one attached hydrogen (secondary N) is 2. The Balaban J connectivity index is 2.19. The van der Waals surface area contributed by atoms with Gasteiger partial charge in [0.15, 0.2) is 0 Å². The molecule has 2 amide bonds. The zero-order chi connectivity index (χ0) is 12.7. The van der Waals surface area contributed by atoms with E-state index in [9.17, 15) is 9.59 Å². The molecule has 0 heterocycles. The summed E-state index contributed by atoms with van der Waals surface area (Å²) < 4.78 is 0. The van der Waals surface area contributed by atoms with Gasteiger partial charge in [-0.05, 0) is 24.7 Å². The average molecular weight is 237 g/mol. The Morgan fingerprint density at radius 1 is 1.18 bits per heavy atom. The van der Waals surface area contributed by atoms with Crippen LogP contribution in [0.3, 0.4) is 0 Å². The molecule has 0 aromatic rings. The first-order chi connectivity index (χ1) is 8.13. The van der Waals surface area contributed by atoms with Crippen molar-refractivity contribution in [3.63, 3.8) is 0 Å². The second-order valence-electron chi connectivity index (χ2n) is 4.68. The Kier molecular flexibility index (Phi) is 5.47. The normalized spacial score (nSPS) is 23.5. The molecule has 0 bridgehead atoms. The van der Waals surface area contributed by atoms with E-state index in [-0.39, 0.29) is 6.54 Å². The van der Waals surface area contributed by atoms with Gasteiger partial charge in [-0.1, -0.05) is 19.8 Å². The standard InChI is InChI=1S/C12H19N3O2/c1-9-2-4-10(5-3-9)8-15-12(17)11(16)14-7-6-13/h9-10H,2-5,7-8H2,1H3,(H,14,16)(H,15,17). The van der Waals surface area contributed by atoms with Gasteiger partial charge < -0.3 is 10.6 Å². The summed E-state index contributed by atoms with van der Waals surface area (Å²) in [4.78, 5) is 22.5. The lowest BCUT2D eigenvalue weighted by Crippen LogP contribution is -2.42. The zero-order valence-corrected chi connectivity index (χ0v) is 10.2. The number of amides is 2. The van der Waals surface area contributed by atoms with Crippen molar-refractivity contribution in [3.05, 3.63) is 0 Å². The highest BCUT2D eigenvalue weighted by Crippen LogP contribution is 2.27. The molecule has 0 spiro atoms. The third-order valence-corrected chi connectivity index (χ3v) is 3.22.